The first-order chi connectivity index (χ1) is 10.2. The Morgan fingerprint density at radius 1 is 1.14 bits per heavy atom. The number of rotatable bonds is 4. The Bertz CT molecular complexity index is 811. The Morgan fingerprint density at radius 2 is 1.95 bits per heavy atom. The maximum atomic E-state index is 12.8. The number of carbonyl (C=O) groups is 1. The lowest BCUT2D eigenvalue weighted by Gasteiger charge is -1.96. The zero-order valence-corrected chi connectivity index (χ0v) is 11.6. The molecule has 0 fully saturated rings. The van der Waals surface area contributed by atoms with Gasteiger partial charge in [0.1, 0.15) is 5.82 Å². The van der Waals surface area contributed by atoms with Crippen molar-refractivity contribution in [2.75, 3.05) is 0 Å². The first kappa shape index (κ1) is 13.5. The molecule has 1 aromatic carbocycles. The van der Waals surface area contributed by atoms with Gasteiger partial charge in [0, 0.05) is 11.8 Å². The maximum absolute atomic E-state index is 12.8. The van der Waals surface area contributed by atoms with Crippen LogP contribution in [0, 0.1) is 5.82 Å². The fourth-order valence-electron chi connectivity index (χ4n) is 1.77. The van der Waals surface area contributed by atoms with E-state index in [9.17, 15) is 9.18 Å². The van der Waals surface area contributed by atoms with Gasteiger partial charge in [0.15, 0.2) is 16.6 Å². The molecule has 2 aromatic heterocycles. The highest BCUT2D eigenvalue weighted by Gasteiger charge is 2.04. The molecule has 0 radical (unpaired) electrons. The molecule has 0 N–H and O–H groups in total. The number of halogens is 1. The number of fused-ring (bicyclic) bond motifs is 1. The smallest absolute Gasteiger partial charge is 0.199 e. The number of hydrogen-bond donors (Lipinski definition) is 0. The Hall–Kier alpha value is -2.47. The molecule has 0 bridgehead atoms. The van der Waals surface area contributed by atoms with E-state index in [4.69, 9.17) is 0 Å². The number of allylic oxidation sites excluding steroid dienone is 1. The summed E-state index contributed by atoms with van der Waals surface area (Å²) in [7, 11) is 0. The van der Waals surface area contributed by atoms with Crippen LogP contribution in [0.4, 0.5) is 4.39 Å². The Morgan fingerprint density at radius 3 is 2.76 bits per heavy atom. The molecular formula is C15H10FN3OS. The fraction of sp³-hybridized carbons (Fsp3) is 0. The zero-order valence-electron chi connectivity index (χ0n) is 10.8. The van der Waals surface area contributed by atoms with E-state index < -0.39 is 0 Å². The van der Waals surface area contributed by atoms with Crippen LogP contribution in [0.2, 0.25) is 0 Å². The molecule has 6 heteroatoms. The Balaban J connectivity index is 1.72. The van der Waals surface area contributed by atoms with Crippen molar-refractivity contribution in [3.8, 4) is 0 Å². The summed E-state index contributed by atoms with van der Waals surface area (Å²) in [6.45, 7) is 0. The second kappa shape index (κ2) is 5.88. The van der Waals surface area contributed by atoms with Crippen molar-refractivity contribution >= 4 is 23.2 Å². The van der Waals surface area contributed by atoms with Gasteiger partial charge in [-0.05, 0) is 47.9 Å². The van der Waals surface area contributed by atoms with E-state index in [1.807, 2.05) is 28.8 Å². The lowest BCUT2D eigenvalue weighted by molar-refractivity contribution is 0.104. The third kappa shape index (κ3) is 3.00. The SMILES string of the molecule is O=C(/C=C/Sc1nnc2ccccn12)c1ccc(F)cc1. The highest BCUT2D eigenvalue weighted by Crippen LogP contribution is 2.18. The van der Waals surface area contributed by atoms with Gasteiger partial charge in [-0.1, -0.05) is 17.8 Å². The summed E-state index contributed by atoms with van der Waals surface area (Å²) in [5, 5.41) is 10.4. The van der Waals surface area contributed by atoms with Crippen LogP contribution in [-0.2, 0) is 0 Å². The molecule has 2 heterocycles. The number of ketones is 1. The Kier molecular flexibility index (Phi) is 3.79. The molecule has 104 valence electrons. The van der Waals surface area contributed by atoms with Crippen molar-refractivity contribution in [3.05, 3.63) is 71.5 Å². The van der Waals surface area contributed by atoms with Crippen molar-refractivity contribution in [3.63, 3.8) is 0 Å². The average molecular weight is 299 g/mol. The van der Waals surface area contributed by atoms with Gasteiger partial charge in [0.05, 0.1) is 0 Å². The average Bonchev–Trinajstić information content (AvgIpc) is 2.91. The van der Waals surface area contributed by atoms with Gasteiger partial charge in [-0.25, -0.2) is 4.39 Å². The molecular weight excluding hydrogens is 289 g/mol. The molecule has 3 rings (SSSR count). The van der Waals surface area contributed by atoms with Crippen molar-refractivity contribution < 1.29 is 9.18 Å². The highest BCUT2D eigenvalue weighted by molar-refractivity contribution is 8.02. The van der Waals surface area contributed by atoms with Crippen molar-refractivity contribution in [2.45, 2.75) is 5.16 Å². The Labute approximate surface area is 124 Å². The summed E-state index contributed by atoms with van der Waals surface area (Å²) >= 11 is 1.30. The van der Waals surface area contributed by atoms with E-state index in [2.05, 4.69) is 10.2 Å². The third-order valence-corrected chi connectivity index (χ3v) is 3.57. The maximum Gasteiger partial charge on any atom is 0.199 e. The van der Waals surface area contributed by atoms with Crippen molar-refractivity contribution in [2.24, 2.45) is 0 Å². The van der Waals surface area contributed by atoms with E-state index in [-0.39, 0.29) is 11.6 Å². The summed E-state index contributed by atoms with van der Waals surface area (Å²) in [6, 6.07) is 11.1. The summed E-state index contributed by atoms with van der Waals surface area (Å²) in [5.41, 5.74) is 1.19. The van der Waals surface area contributed by atoms with E-state index >= 15 is 0 Å². The molecule has 0 aliphatic carbocycles. The van der Waals surface area contributed by atoms with Crippen LogP contribution in [0.15, 0.2) is 65.3 Å². The van der Waals surface area contributed by atoms with Crippen LogP contribution < -0.4 is 0 Å². The van der Waals surface area contributed by atoms with Crippen LogP contribution in [0.1, 0.15) is 10.4 Å². The fourth-order valence-corrected chi connectivity index (χ4v) is 2.44. The number of hydrogen-bond acceptors (Lipinski definition) is 4. The van der Waals surface area contributed by atoms with Crippen molar-refractivity contribution in [1.82, 2.24) is 14.6 Å². The van der Waals surface area contributed by atoms with Gasteiger partial charge in [-0.15, -0.1) is 10.2 Å². The second-order valence-electron chi connectivity index (χ2n) is 4.20. The number of pyridine rings is 1. The van der Waals surface area contributed by atoms with Gasteiger partial charge in [0.25, 0.3) is 0 Å². The summed E-state index contributed by atoms with van der Waals surface area (Å²) < 4.78 is 14.6. The van der Waals surface area contributed by atoms with Crippen LogP contribution in [0.3, 0.4) is 0 Å². The first-order valence-electron chi connectivity index (χ1n) is 6.17. The number of benzene rings is 1. The molecule has 0 atom stereocenters. The van der Waals surface area contributed by atoms with E-state index in [0.717, 1.165) is 5.65 Å². The zero-order chi connectivity index (χ0) is 14.7. The van der Waals surface area contributed by atoms with Crippen LogP contribution in [-0.4, -0.2) is 20.4 Å². The lowest BCUT2D eigenvalue weighted by atomic mass is 10.1. The van der Waals surface area contributed by atoms with Gasteiger partial charge in [-0.2, -0.15) is 0 Å². The van der Waals surface area contributed by atoms with E-state index in [0.29, 0.717) is 10.7 Å². The number of thioether (sulfide) groups is 1. The quantitative estimate of drug-likeness (QED) is 0.421. The predicted octanol–water partition coefficient (Wildman–Crippen LogP) is 3.36. The molecule has 0 saturated heterocycles. The van der Waals surface area contributed by atoms with Crippen molar-refractivity contribution in [1.29, 1.82) is 0 Å². The minimum atomic E-state index is -0.361. The highest BCUT2D eigenvalue weighted by atomic mass is 32.2. The second-order valence-corrected chi connectivity index (χ2v) is 5.08. The largest absolute Gasteiger partial charge is 0.289 e. The predicted molar refractivity (Wildman–Crippen MR) is 78.7 cm³/mol. The lowest BCUT2D eigenvalue weighted by Crippen LogP contribution is -1.93. The van der Waals surface area contributed by atoms with Gasteiger partial charge < -0.3 is 0 Å². The third-order valence-electron chi connectivity index (χ3n) is 2.80. The van der Waals surface area contributed by atoms with Gasteiger partial charge in [-0.3, -0.25) is 9.20 Å². The first-order valence-corrected chi connectivity index (χ1v) is 7.05. The molecule has 0 aliphatic heterocycles. The molecule has 3 aromatic rings. The summed E-state index contributed by atoms with van der Waals surface area (Å²) in [5.74, 6) is -0.545. The molecule has 0 saturated carbocycles. The molecule has 0 unspecified atom stereocenters. The van der Waals surface area contributed by atoms with Gasteiger partial charge in [0.2, 0.25) is 0 Å². The normalized spacial score (nSPS) is 11.3. The minimum Gasteiger partial charge on any atom is -0.289 e. The van der Waals surface area contributed by atoms with Crippen LogP contribution >= 0.6 is 11.8 Å². The standard InChI is InChI=1S/C15H10FN3OS/c16-12-6-4-11(5-7-12)13(20)8-10-21-15-18-17-14-3-1-2-9-19(14)15/h1-10H/b10-8+. The van der Waals surface area contributed by atoms with E-state index in [1.54, 1.807) is 5.41 Å². The minimum absolute atomic E-state index is 0.184. The number of aromatic nitrogens is 3. The molecule has 21 heavy (non-hydrogen) atoms. The van der Waals surface area contributed by atoms with Crippen LogP contribution in [0.25, 0.3) is 5.65 Å². The molecule has 0 aliphatic rings. The molecule has 0 amide bonds. The summed E-state index contributed by atoms with van der Waals surface area (Å²) in [6.07, 6.45) is 3.29. The van der Waals surface area contributed by atoms with Gasteiger partial charge >= 0.3 is 0 Å². The number of carbonyl (C=O) groups excluding carboxylic acids is 1. The number of nitrogens with zero attached hydrogens (tertiary/aromatic N) is 3. The van der Waals surface area contributed by atoms with E-state index in [1.165, 1.54) is 42.1 Å². The summed E-state index contributed by atoms with van der Waals surface area (Å²) in [4.78, 5) is 11.9. The monoisotopic (exact) mass is 299 g/mol. The van der Waals surface area contributed by atoms with Crippen LogP contribution in [0.5, 0.6) is 0 Å². The topological polar surface area (TPSA) is 47.3 Å². The molecule has 0 spiro atoms. The molecule has 4 nitrogen and oxygen atoms in total.